The van der Waals surface area contributed by atoms with Gasteiger partial charge in [-0.25, -0.2) is 0 Å². The number of rotatable bonds is 7. The van der Waals surface area contributed by atoms with Gasteiger partial charge in [-0.1, -0.05) is 0 Å². The average Bonchev–Trinajstić information content (AvgIpc) is 3.07. The normalized spacial score (nSPS) is 10.0. The van der Waals surface area contributed by atoms with E-state index in [9.17, 15) is 14.4 Å². The zero-order valence-electron chi connectivity index (χ0n) is 13.3. The Hall–Kier alpha value is -2.67. The van der Waals surface area contributed by atoms with Crippen molar-refractivity contribution < 1.29 is 14.4 Å². The summed E-state index contributed by atoms with van der Waals surface area (Å²) in [6.07, 6.45) is 0.878. The molecule has 0 aliphatic rings. The third kappa shape index (κ3) is 5.85. The molecule has 0 aliphatic carbocycles. The number of hydrogen-bond acceptors (Lipinski definition) is 4. The Balaban J connectivity index is 1.67. The number of hydrogen-bond donors (Lipinski definition) is 3. The first-order valence-electron chi connectivity index (χ1n) is 7.52. The molecular formula is C17H19N3O3S. The quantitative estimate of drug-likeness (QED) is 0.674. The molecule has 2 aromatic rings. The van der Waals surface area contributed by atoms with Crippen molar-refractivity contribution >= 4 is 40.4 Å². The van der Waals surface area contributed by atoms with E-state index in [0.29, 0.717) is 36.3 Å². The van der Waals surface area contributed by atoms with Crippen molar-refractivity contribution in [2.24, 2.45) is 0 Å². The summed E-state index contributed by atoms with van der Waals surface area (Å²) in [7, 11) is 0. The van der Waals surface area contributed by atoms with Gasteiger partial charge in [-0.05, 0) is 42.1 Å². The monoisotopic (exact) mass is 345 g/mol. The van der Waals surface area contributed by atoms with E-state index in [-0.39, 0.29) is 17.7 Å². The highest BCUT2D eigenvalue weighted by atomic mass is 32.1. The van der Waals surface area contributed by atoms with Crippen LogP contribution >= 0.6 is 11.3 Å². The standard InChI is InChI=1S/C17H19N3O3S/c1-12(21)19-14-4-6-15(7-5-14)20-16(22)3-2-9-18-17(23)13-8-10-24-11-13/h4-8,10-11H,2-3,9H2,1H3,(H,18,23)(H,19,21)(H,20,22). The van der Waals surface area contributed by atoms with Crippen LogP contribution in [0, 0.1) is 0 Å². The maximum absolute atomic E-state index is 11.9. The van der Waals surface area contributed by atoms with E-state index < -0.39 is 0 Å². The summed E-state index contributed by atoms with van der Waals surface area (Å²) in [5.74, 6) is -0.381. The summed E-state index contributed by atoms with van der Waals surface area (Å²) in [6.45, 7) is 1.89. The molecule has 3 amide bonds. The molecule has 1 heterocycles. The van der Waals surface area contributed by atoms with Crippen LogP contribution < -0.4 is 16.0 Å². The molecule has 7 heteroatoms. The highest BCUT2D eigenvalue weighted by molar-refractivity contribution is 7.08. The summed E-state index contributed by atoms with van der Waals surface area (Å²) in [6, 6.07) is 8.65. The molecule has 126 valence electrons. The Morgan fingerprint density at radius 2 is 1.67 bits per heavy atom. The summed E-state index contributed by atoms with van der Waals surface area (Å²) < 4.78 is 0. The first kappa shape index (κ1) is 17.7. The van der Waals surface area contributed by atoms with Gasteiger partial charge in [0.05, 0.1) is 0 Å². The molecule has 0 atom stereocenters. The van der Waals surface area contributed by atoms with Gasteiger partial charge in [0.25, 0.3) is 5.91 Å². The van der Waals surface area contributed by atoms with Gasteiger partial charge in [0.2, 0.25) is 11.8 Å². The number of amides is 3. The van der Waals surface area contributed by atoms with E-state index in [4.69, 9.17) is 0 Å². The molecule has 1 aromatic heterocycles. The Morgan fingerprint density at radius 1 is 1.00 bits per heavy atom. The zero-order chi connectivity index (χ0) is 17.4. The SMILES string of the molecule is CC(=O)Nc1ccc(NC(=O)CCCNC(=O)c2ccsc2)cc1. The minimum atomic E-state index is -0.142. The minimum Gasteiger partial charge on any atom is -0.352 e. The molecule has 24 heavy (non-hydrogen) atoms. The molecule has 6 nitrogen and oxygen atoms in total. The zero-order valence-corrected chi connectivity index (χ0v) is 14.1. The predicted molar refractivity (Wildman–Crippen MR) is 95.3 cm³/mol. The van der Waals surface area contributed by atoms with E-state index in [2.05, 4.69) is 16.0 Å². The molecule has 3 N–H and O–H groups in total. The molecule has 0 radical (unpaired) electrons. The van der Waals surface area contributed by atoms with E-state index in [0.717, 1.165) is 0 Å². The van der Waals surface area contributed by atoms with Gasteiger partial charge in [-0.15, -0.1) is 0 Å². The van der Waals surface area contributed by atoms with Crippen LogP contribution in [-0.2, 0) is 9.59 Å². The van der Waals surface area contributed by atoms with Crippen LogP contribution in [0.3, 0.4) is 0 Å². The number of benzene rings is 1. The summed E-state index contributed by atoms with van der Waals surface area (Å²) in [5, 5.41) is 11.8. The Kier molecular flexibility index (Phi) is 6.51. The van der Waals surface area contributed by atoms with Crippen molar-refractivity contribution in [3.8, 4) is 0 Å². The molecule has 1 aromatic carbocycles. The first-order valence-corrected chi connectivity index (χ1v) is 8.47. The molecule has 0 saturated heterocycles. The summed E-state index contributed by atoms with van der Waals surface area (Å²) in [4.78, 5) is 34.5. The second-order valence-corrected chi connectivity index (χ2v) is 5.96. The lowest BCUT2D eigenvalue weighted by Crippen LogP contribution is -2.25. The second kappa shape index (κ2) is 8.83. The lowest BCUT2D eigenvalue weighted by molar-refractivity contribution is -0.116. The van der Waals surface area contributed by atoms with Crippen LogP contribution in [0.15, 0.2) is 41.1 Å². The molecule has 0 bridgehead atoms. The lowest BCUT2D eigenvalue weighted by atomic mass is 10.2. The number of carbonyl (C=O) groups excluding carboxylic acids is 3. The summed E-state index contributed by atoms with van der Waals surface area (Å²) in [5.41, 5.74) is 1.98. The topological polar surface area (TPSA) is 87.3 Å². The maximum atomic E-state index is 11.9. The van der Waals surface area contributed by atoms with Gasteiger partial charge in [0, 0.05) is 42.2 Å². The third-order valence-electron chi connectivity index (χ3n) is 3.14. The van der Waals surface area contributed by atoms with Crippen LogP contribution in [0.2, 0.25) is 0 Å². The fourth-order valence-electron chi connectivity index (χ4n) is 2.01. The van der Waals surface area contributed by atoms with Crippen molar-refractivity contribution in [2.75, 3.05) is 17.2 Å². The van der Waals surface area contributed by atoms with Crippen LogP contribution in [0.4, 0.5) is 11.4 Å². The molecular weight excluding hydrogens is 326 g/mol. The lowest BCUT2D eigenvalue weighted by Gasteiger charge is -2.07. The Labute approximate surface area is 144 Å². The van der Waals surface area contributed by atoms with Crippen LogP contribution in [-0.4, -0.2) is 24.3 Å². The second-order valence-electron chi connectivity index (χ2n) is 5.18. The van der Waals surface area contributed by atoms with Gasteiger partial charge < -0.3 is 16.0 Å². The third-order valence-corrected chi connectivity index (χ3v) is 3.82. The number of nitrogens with one attached hydrogen (secondary N) is 3. The van der Waals surface area contributed by atoms with Crippen molar-refractivity contribution in [3.63, 3.8) is 0 Å². The summed E-state index contributed by atoms with van der Waals surface area (Å²) >= 11 is 1.47. The van der Waals surface area contributed by atoms with Crippen LogP contribution in [0.25, 0.3) is 0 Å². The van der Waals surface area contributed by atoms with Gasteiger partial charge in [0.1, 0.15) is 0 Å². The first-order chi connectivity index (χ1) is 11.5. The number of thiophene rings is 1. The molecule has 0 aliphatic heterocycles. The van der Waals surface area contributed by atoms with Crippen molar-refractivity contribution in [2.45, 2.75) is 19.8 Å². The highest BCUT2D eigenvalue weighted by Crippen LogP contribution is 2.14. The minimum absolute atomic E-state index is 0.118. The van der Waals surface area contributed by atoms with Crippen molar-refractivity contribution in [1.82, 2.24) is 5.32 Å². The molecule has 0 saturated carbocycles. The van der Waals surface area contributed by atoms with Crippen molar-refractivity contribution in [3.05, 3.63) is 46.7 Å². The fraction of sp³-hybridized carbons (Fsp3) is 0.235. The largest absolute Gasteiger partial charge is 0.352 e. The van der Waals surface area contributed by atoms with Crippen molar-refractivity contribution in [1.29, 1.82) is 0 Å². The van der Waals surface area contributed by atoms with E-state index in [1.165, 1.54) is 18.3 Å². The van der Waals surface area contributed by atoms with Gasteiger partial charge in [0.15, 0.2) is 0 Å². The molecule has 2 rings (SSSR count). The number of anilines is 2. The van der Waals surface area contributed by atoms with Gasteiger partial charge >= 0.3 is 0 Å². The predicted octanol–water partition coefficient (Wildman–Crippen LogP) is 2.86. The maximum Gasteiger partial charge on any atom is 0.252 e. The van der Waals surface area contributed by atoms with E-state index >= 15 is 0 Å². The molecule has 0 unspecified atom stereocenters. The van der Waals surface area contributed by atoms with Crippen LogP contribution in [0.1, 0.15) is 30.1 Å². The smallest absolute Gasteiger partial charge is 0.252 e. The van der Waals surface area contributed by atoms with E-state index in [1.54, 1.807) is 35.7 Å². The highest BCUT2D eigenvalue weighted by Gasteiger charge is 2.06. The Morgan fingerprint density at radius 3 is 2.25 bits per heavy atom. The molecule has 0 fully saturated rings. The van der Waals surface area contributed by atoms with Gasteiger partial charge in [-0.2, -0.15) is 11.3 Å². The van der Waals surface area contributed by atoms with Crippen LogP contribution in [0.5, 0.6) is 0 Å². The van der Waals surface area contributed by atoms with E-state index in [1.807, 2.05) is 5.38 Å². The Bertz CT molecular complexity index is 696. The average molecular weight is 345 g/mol. The fourth-order valence-corrected chi connectivity index (χ4v) is 2.65. The van der Waals surface area contributed by atoms with Gasteiger partial charge in [-0.3, -0.25) is 14.4 Å². The molecule has 0 spiro atoms. The number of carbonyl (C=O) groups is 3.